The highest BCUT2D eigenvalue weighted by Gasteiger charge is 2.42. The Balaban J connectivity index is 1.52. The number of hydrogen-bond acceptors (Lipinski definition) is 6. The molecule has 1 atom stereocenters. The van der Waals surface area contributed by atoms with Crippen LogP contribution in [0.1, 0.15) is 29.8 Å². The quantitative estimate of drug-likeness (QED) is 0.510. The minimum absolute atomic E-state index is 0.0880. The number of nitrogens with two attached hydrogens (primary N) is 1. The van der Waals surface area contributed by atoms with Crippen molar-refractivity contribution in [1.29, 1.82) is 0 Å². The van der Waals surface area contributed by atoms with E-state index in [1.54, 1.807) is 0 Å². The van der Waals surface area contributed by atoms with E-state index in [0.29, 0.717) is 11.1 Å². The summed E-state index contributed by atoms with van der Waals surface area (Å²) in [5.41, 5.74) is 5.67. The predicted molar refractivity (Wildman–Crippen MR) is 120 cm³/mol. The second kappa shape index (κ2) is 9.03. The van der Waals surface area contributed by atoms with Gasteiger partial charge in [-0.15, -0.1) is 11.3 Å². The molecule has 0 saturated carbocycles. The molecule has 1 aromatic heterocycles. The van der Waals surface area contributed by atoms with Crippen molar-refractivity contribution in [3.8, 4) is 0 Å². The predicted octanol–water partition coefficient (Wildman–Crippen LogP) is 3.19. The molecule has 6 nitrogen and oxygen atoms in total. The van der Waals surface area contributed by atoms with Crippen molar-refractivity contribution in [2.24, 2.45) is 5.73 Å². The molecule has 0 spiro atoms. The minimum atomic E-state index is -3.21. The number of nitrogens with zero attached hydrogens (tertiary/aromatic N) is 1. The zero-order valence-corrected chi connectivity index (χ0v) is 19.1. The molecule has 0 unspecified atom stereocenters. The molecule has 1 fully saturated rings. The highest BCUT2D eigenvalue weighted by Crippen LogP contribution is 2.38. The van der Waals surface area contributed by atoms with Crippen LogP contribution in [-0.4, -0.2) is 36.9 Å². The maximum absolute atomic E-state index is 13.9. The summed E-state index contributed by atoms with van der Waals surface area (Å²) in [6.45, 7) is 0. The first-order chi connectivity index (χ1) is 15.6. The van der Waals surface area contributed by atoms with Gasteiger partial charge in [0, 0.05) is 18.5 Å². The lowest BCUT2D eigenvalue weighted by Gasteiger charge is -2.36. The Labute approximate surface area is 192 Å². The van der Waals surface area contributed by atoms with Crippen molar-refractivity contribution in [1.82, 2.24) is 10.3 Å². The number of rotatable bonds is 6. The number of hydrogen-bond donors (Lipinski definition) is 2. The molecule has 1 aliphatic rings. The Kier molecular flexibility index (Phi) is 6.47. The van der Waals surface area contributed by atoms with Crippen LogP contribution in [0, 0.1) is 17.5 Å². The molecule has 3 N–H and O–H groups in total. The first-order valence-corrected chi connectivity index (χ1v) is 13.0. The summed E-state index contributed by atoms with van der Waals surface area (Å²) in [4.78, 5) is 17.5. The number of nitrogens with one attached hydrogen (secondary N) is 1. The van der Waals surface area contributed by atoms with Crippen molar-refractivity contribution in [3.05, 3.63) is 64.4 Å². The third-order valence-electron chi connectivity index (χ3n) is 5.78. The number of para-hydroxylation sites is 1. The molecule has 2 aromatic carbocycles. The zero-order valence-electron chi connectivity index (χ0n) is 17.5. The van der Waals surface area contributed by atoms with E-state index in [0.717, 1.165) is 16.3 Å². The van der Waals surface area contributed by atoms with Gasteiger partial charge in [0.1, 0.15) is 10.8 Å². The van der Waals surface area contributed by atoms with Gasteiger partial charge >= 0.3 is 0 Å². The SMILES string of the molecule is N[C@@H](CC(=O)NC1(c2nc3ccccc3s2)CCS(=O)(=O)CC1)Cc1cc(F)c(F)cc1F. The summed E-state index contributed by atoms with van der Waals surface area (Å²) in [6.07, 6.45) is -0.0291. The molecule has 2 heterocycles. The Morgan fingerprint density at radius 2 is 1.79 bits per heavy atom. The zero-order chi connectivity index (χ0) is 23.8. The van der Waals surface area contributed by atoms with Crippen LogP contribution in [0.2, 0.25) is 0 Å². The molecule has 1 amide bonds. The maximum atomic E-state index is 13.9. The van der Waals surface area contributed by atoms with Crippen molar-refractivity contribution in [2.45, 2.75) is 37.3 Å². The summed E-state index contributed by atoms with van der Waals surface area (Å²) >= 11 is 1.39. The van der Waals surface area contributed by atoms with Crippen molar-refractivity contribution in [3.63, 3.8) is 0 Å². The molecule has 33 heavy (non-hydrogen) atoms. The molecule has 3 aromatic rings. The summed E-state index contributed by atoms with van der Waals surface area (Å²) in [5, 5.41) is 3.55. The largest absolute Gasteiger partial charge is 0.344 e. The van der Waals surface area contributed by atoms with Gasteiger partial charge in [-0.05, 0) is 43.0 Å². The average Bonchev–Trinajstić information content (AvgIpc) is 3.18. The van der Waals surface area contributed by atoms with Gasteiger partial charge in [0.25, 0.3) is 0 Å². The fourth-order valence-corrected chi connectivity index (χ4v) is 6.68. The molecular weight excluding hydrogens is 475 g/mol. The van der Waals surface area contributed by atoms with Gasteiger partial charge in [-0.1, -0.05) is 12.1 Å². The fourth-order valence-electron chi connectivity index (χ4n) is 3.99. The molecule has 1 saturated heterocycles. The molecular formula is C22H22F3N3O3S2. The first kappa shape index (κ1) is 23.7. The van der Waals surface area contributed by atoms with Gasteiger partial charge < -0.3 is 11.1 Å². The summed E-state index contributed by atoms with van der Waals surface area (Å²) in [7, 11) is -3.21. The Bertz CT molecular complexity index is 1260. The van der Waals surface area contributed by atoms with Crippen LogP contribution in [0.5, 0.6) is 0 Å². The Morgan fingerprint density at radius 3 is 2.48 bits per heavy atom. The molecule has 4 rings (SSSR count). The van der Waals surface area contributed by atoms with Gasteiger partial charge in [-0.3, -0.25) is 4.79 Å². The number of carbonyl (C=O) groups is 1. The Morgan fingerprint density at radius 1 is 1.12 bits per heavy atom. The Hall–Kier alpha value is -2.50. The second-order valence-electron chi connectivity index (χ2n) is 8.29. The van der Waals surface area contributed by atoms with Crippen LogP contribution in [0.25, 0.3) is 10.2 Å². The van der Waals surface area contributed by atoms with Crippen LogP contribution in [0.15, 0.2) is 36.4 Å². The molecule has 0 bridgehead atoms. The van der Waals surface area contributed by atoms with Crippen molar-refractivity contribution >= 4 is 37.3 Å². The van der Waals surface area contributed by atoms with E-state index in [-0.39, 0.29) is 42.8 Å². The highest BCUT2D eigenvalue weighted by atomic mass is 32.2. The van der Waals surface area contributed by atoms with Crippen molar-refractivity contribution in [2.75, 3.05) is 11.5 Å². The van der Waals surface area contributed by atoms with E-state index < -0.39 is 44.8 Å². The number of amides is 1. The lowest BCUT2D eigenvalue weighted by atomic mass is 9.92. The lowest BCUT2D eigenvalue weighted by molar-refractivity contribution is -0.123. The van der Waals surface area contributed by atoms with Gasteiger partial charge in [-0.2, -0.15) is 0 Å². The van der Waals surface area contributed by atoms with E-state index >= 15 is 0 Å². The monoisotopic (exact) mass is 497 g/mol. The third-order valence-corrected chi connectivity index (χ3v) is 8.67. The van der Waals surface area contributed by atoms with Crippen molar-refractivity contribution < 1.29 is 26.4 Å². The lowest BCUT2D eigenvalue weighted by Crippen LogP contribution is -2.51. The van der Waals surface area contributed by atoms with Gasteiger partial charge in [-0.25, -0.2) is 26.6 Å². The number of halogens is 3. The van der Waals surface area contributed by atoms with E-state index in [9.17, 15) is 26.4 Å². The van der Waals surface area contributed by atoms with Crippen LogP contribution in [-0.2, 0) is 26.6 Å². The van der Waals surface area contributed by atoms with E-state index in [2.05, 4.69) is 10.3 Å². The number of thiazole rings is 1. The van der Waals surface area contributed by atoms with Crippen LogP contribution in [0.3, 0.4) is 0 Å². The van der Waals surface area contributed by atoms with E-state index in [4.69, 9.17) is 5.73 Å². The van der Waals surface area contributed by atoms with Gasteiger partial charge in [0.05, 0.1) is 27.3 Å². The molecule has 0 radical (unpaired) electrons. The highest BCUT2D eigenvalue weighted by molar-refractivity contribution is 7.91. The standard InChI is InChI=1S/C22H22F3N3O3S2/c23-15-12-17(25)16(24)10-13(15)9-14(26)11-20(29)28-22(5-7-33(30,31)8-6-22)21-27-18-3-1-2-4-19(18)32-21/h1-4,10,12,14H,5-9,11,26H2,(H,28,29)/t14-/m1/s1. The molecule has 1 aliphatic heterocycles. The molecule has 176 valence electrons. The number of carbonyl (C=O) groups excluding carboxylic acids is 1. The van der Waals surface area contributed by atoms with E-state index in [1.807, 2.05) is 24.3 Å². The summed E-state index contributed by atoms with van der Waals surface area (Å²) < 4.78 is 65.5. The summed E-state index contributed by atoms with van der Waals surface area (Å²) in [6, 6.07) is 7.79. The smallest absolute Gasteiger partial charge is 0.222 e. The molecule has 0 aliphatic carbocycles. The maximum Gasteiger partial charge on any atom is 0.222 e. The number of aromatic nitrogens is 1. The summed E-state index contributed by atoms with van der Waals surface area (Å²) in [5.74, 6) is -4.06. The van der Waals surface area contributed by atoms with Crippen LogP contribution >= 0.6 is 11.3 Å². The van der Waals surface area contributed by atoms with Crippen LogP contribution < -0.4 is 11.1 Å². The minimum Gasteiger partial charge on any atom is -0.344 e. The number of sulfone groups is 1. The number of benzene rings is 2. The second-order valence-corrected chi connectivity index (χ2v) is 11.6. The number of fused-ring (bicyclic) bond motifs is 1. The average molecular weight is 498 g/mol. The normalized spacial score (nSPS) is 18.2. The van der Waals surface area contributed by atoms with E-state index in [1.165, 1.54) is 11.3 Å². The first-order valence-electron chi connectivity index (χ1n) is 10.3. The topological polar surface area (TPSA) is 102 Å². The fraction of sp³-hybridized carbons (Fsp3) is 0.364. The molecule has 11 heteroatoms. The van der Waals surface area contributed by atoms with Gasteiger partial charge in [0.2, 0.25) is 5.91 Å². The van der Waals surface area contributed by atoms with Crippen LogP contribution in [0.4, 0.5) is 13.2 Å². The van der Waals surface area contributed by atoms with Gasteiger partial charge in [0.15, 0.2) is 21.5 Å². The third kappa shape index (κ3) is 5.20.